The van der Waals surface area contributed by atoms with E-state index in [0.29, 0.717) is 26.6 Å². The Labute approximate surface area is 138 Å². The lowest BCUT2D eigenvalue weighted by molar-refractivity contribution is 0.960. The summed E-state index contributed by atoms with van der Waals surface area (Å²) in [4.78, 5) is 8.47. The average molecular weight is 346 g/mol. The van der Waals surface area contributed by atoms with Gasteiger partial charge in [0.25, 0.3) is 0 Å². The smallest absolute Gasteiger partial charge is 0.138 e. The van der Waals surface area contributed by atoms with Gasteiger partial charge >= 0.3 is 0 Å². The van der Waals surface area contributed by atoms with E-state index in [9.17, 15) is 0 Å². The summed E-state index contributed by atoms with van der Waals surface area (Å²) in [5.74, 6) is 1.47. The van der Waals surface area contributed by atoms with Crippen LogP contribution in [0.25, 0.3) is 0 Å². The molecule has 1 aromatic heterocycles. The van der Waals surface area contributed by atoms with Crippen LogP contribution in [0.2, 0.25) is 15.1 Å². The molecule has 112 valence electrons. The molecule has 0 spiro atoms. The number of anilines is 3. The molecule has 1 aromatic carbocycles. The molecule has 0 fully saturated rings. The van der Waals surface area contributed by atoms with Gasteiger partial charge in [-0.2, -0.15) is 0 Å². The minimum atomic E-state index is 0.414. The van der Waals surface area contributed by atoms with Gasteiger partial charge in [-0.3, -0.25) is 0 Å². The van der Waals surface area contributed by atoms with Crippen molar-refractivity contribution in [2.45, 2.75) is 20.3 Å². The molecule has 0 bridgehead atoms. The standard InChI is InChI=1S/C14H15Cl3N4/c1-3-4-18-13-8(2)14(20-7-19-13)21-12-6-10(16)9(15)5-11(12)17/h5-7H,3-4H2,1-2H3,(H2,18,19,20,21). The first-order chi connectivity index (χ1) is 10.0. The van der Waals surface area contributed by atoms with Gasteiger partial charge in [-0.25, -0.2) is 9.97 Å². The molecular formula is C14H15Cl3N4. The van der Waals surface area contributed by atoms with Crippen LogP contribution in [0.3, 0.4) is 0 Å². The lowest BCUT2D eigenvalue weighted by atomic mass is 10.2. The molecular weight excluding hydrogens is 331 g/mol. The normalized spacial score (nSPS) is 10.5. The maximum absolute atomic E-state index is 6.16. The fourth-order valence-corrected chi connectivity index (χ4v) is 2.34. The van der Waals surface area contributed by atoms with E-state index >= 15 is 0 Å². The first-order valence-corrected chi connectivity index (χ1v) is 7.63. The molecule has 0 saturated carbocycles. The van der Waals surface area contributed by atoms with Gasteiger partial charge in [0.1, 0.15) is 18.0 Å². The largest absolute Gasteiger partial charge is 0.370 e. The van der Waals surface area contributed by atoms with E-state index in [0.717, 1.165) is 24.3 Å². The Balaban J connectivity index is 2.29. The van der Waals surface area contributed by atoms with Crippen molar-refractivity contribution in [3.63, 3.8) is 0 Å². The Morgan fingerprint density at radius 2 is 1.67 bits per heavy atom. The minimum Gasteiger partial charge on any atom is -0.370 e. The molecule has 0 atom stereocenters. The quantitative estimate of drug-likeness (QED) is 0.721. The molecule has 0 aliphatic carbocycles. The first kappa shape index (κ1) is 16.1. The molecule has 0 saturated heterocycles. The molecule has 0 radical (unpaired) electrons. The number of nitrogens with zero attached hydrogens (tertiary/aromatic N) is 2. The van der Waals surface area contributed by atoms with Crippen molar-refractivity contribution in [3.8, 4) is 0 Å². The van der Waals surface area contributed by atoms with Crippen LogP contribution >= 0.6 is 34.8 Å². The lowest BCUT2D eigenvalue weighted by Crippen LogP contribution is -2.07. The van der Waals surface area contributed by atoms with Crippen LogP contribution in [0.1, 0.15) is 18.9 Å². The highest BCUT2D eigenvalue weighted by atomic mass is 35.5. The van der Waals surface area contributed by atoms with E-state index in [1.807, 2.05) is 6.92 Å². The van der Waals surface area contributed by atoms with Crippen LogP contribution in [0, 0.1) is 6.92 Å². The van der Waals surface area contributed by atoms with E-state index in [4.69, 9.17) is 34.8 Å². The third kappa shape index (κ3) is 3.90. The molecule has 0 unspecified atom stereocenters. The number of halogens is 3. The summed E-state index contributed by atoms with van der Waals surface area (Å²) in [5.41, 5.74) is 1.56. The van der Waals surface area contributed by atoms with Crippen molar-refractivity contribution in [1.82, 2.24) is 9.97 Å². The number of aromatic nitrogens is 2. The second-order valence-electron chi connectivity index (χ2n) is 4.49. The highest BCUT2D eigenvalue weighted by Gasteiger charge is 2.10. The summed E-state index contributed by atoms with van der Waals surface area (Å²) >= 11 is 18.1. The van der Waals surface area contributed by atoms with Crippen molar-refractivity contribution < 1.29 is 0 Å². The zero-order chi connectivity index (χ0) is 15.4. The van der Waals surface area contributed by atoms with Gasteiger partial charge in [0, 0.05) is 12.1 Å². The van der Waals surface area contributed by atoms with Gasteiger partial charge in [0.05, 0.1) is 20.8 Å². The van der Waals surface area contributed by atoms with Gasteiger partial charge in [0.2, 0.25) is 0 Å². The highest BCUT2D eigenvalue weighted by molar-refractivity contribution is 6.44. The van der Waals surface area contributed by atoms with Crippen LogP contribution < -0.4 is 10.6 Å². The fourth-order valence-electron chi connectivity index (χ4n) is 1.74. The van der Waals surface area contributed by atoms with Crippen molar-refractivity contribution >= 4 is 52.1 Å². The van der Waals surface area contributed by atoms with E-state index in [1.165, 1.54) is 6.33 Å². The number of rotatable bonds is 5. The highest BCUT2D eigenvalue weighted by Crippen LogP contribution is 2.34. The lowest BCUT2D eigenvalue weighted by Gasteiger charge is -2.13. The summed E-state index contributed by atoms with van der Waals surface area (Å²) in [5, 5.41) is 7.73. The molecule has 0 amide bonds. The van der Waals surface area contributed by atoms with Crippen molar-refractivity contribution in [2.24, 2.45) is 0 Å². The van der Waals surface area contributed by atoms with Gasteiger partial charge in [0.15, 0.2) is 0 Å². The predicted molar refractivity (Wildman–Crippen MR) is 90.3 cm³/mol. The maximum atomic E-state index is 6.16. The monoisotopic (exact) mass is 344 g/mol. The van der Waals surface area contributed by atoms with Crippen molar-refractivity contribution in [1.29, 1.82) is 0 Å². The molecule has 2 N–H and O–H groups in total. The van der Waals surface area contributed by atoms with Gasteiger partial charge in [-0.1, -0.05) is 41.7 Å². The molecule has 7 heteroatoms. The van der Waals surface area contributed by atoms with Gasteiger partial charge in [-0.15, -0.1) is 0 Å². The van der Waals surface area contributed by atoms with E-state index in [2.05, 4.69) is 27.5 Å². The number of nitrogens with one attached hydrogen (secondary N) is 2. The molecule has 1 heterocycles. The molecule has 2 aromatic rings. The molecule has 21 heavy (non-hydrogen) atoms. The van der Waals surface area contributed by atoms with E-state index < -0.39 is 0 Å². The Hall–Kier alpha value is -1.23. The van der Waals surface area contributed by atoms with Gasteiger partial charge in [-0.05, 0) is 25.5 Å². The predicted octanol–water partition coefficient (Wildman–Crippen LogP) is 5.31. The van der Waals surface area contributed by atoms with Crippen LogP contribution in [0.15, 0.2) is 18.5 Å². The second-order valence-corrected chi connectivity index (χ2v) is 5.72. The summed E-state index contributed by atoms with van der Waals surface area (Å²) in [7, 11) is 0. The van der Waals surface area contributed by atoms with E-state index in [1.54, 1.807) is 12.1 Å². The SMILES string of the molecule is CCCNc1ncnc(Nc2cc(Cl)c(Cl)cc2Cl)c1C. The Bertz CT molecular complexity index is 646. The van der Waals surface area contributed by atoms with Crippen molar-refractivity contribution in [3.05, 3.63) is 39.1 Å². The van der Waals surface area contributed by atoms with Crippen LogP contribution in [0.4, 0.5) is 17.3 Å². The Kier molecular flexibility index (Phi) is 5.51. The maximum Gasteiger partial charge on any atom is 0.138 e. The van der Waals surface area contributed by atoms with Crippen LogP contribution in [-0.4, -0.2) is 16.5 Å². The minimum absolute atomic E-state index is 0.414. The zero-order valence-corrected chi connectivity index (χ0v) is 13.9. The van der Waals surface area contributed by atoms with Crippen LogP contribution in [-0.2, 0) is 0 Å². The third-order valence-electron chi connectivity index (χ3n) is 2.89. The third-order valence-corrected chi connectivity index (χ3v) is 3.92. The van der Waals surface area contributed by atoms with E-state index in [-0.39, 0.29) is 0 Å². The Morgan fingerprint density at radius 3 is 2.38 bits per heavy atom. The Morgan fingerprint density at radius 1 is 1.00 bits per heavy atom. The molecule has 4 nitrogen and oxygen atoms in total. The number of hydrogen-bond donors (Lipinski definition) is 2. The fraction of sp³-hybridized carbons (Fsp3) is 0.286. The average Bonchev–Trinajstić information content (AvgIpc) is 2.45. The molecule has 2 rings (SSSR count). The van der Waals surface area contributed by atoms with Gasteiger partial charge < -0.3 is 10.6 Å². The summed E-state index contributed by atoms with van der Waals surface area (Å²) in [6.07, 6.45) is 2.52. The first-order valence-electron chi connectivity index (χ1n) is 6.50. The molecule has 0 aliphatic heterocycles. The number of benzene rings is 1. The van der Waals surface area contributed by atoms with Crippen LogP contribution in [0.5, 0.6) is 0 Å². The molecule has 0 aliphatic rings. The number of hydrogen-bond acceptors (Lipinski definition) is 4. The topological polar surface area (TPSA) is 49.8 Å². The summed E-state index contributed by atoms with van der Waals surface area (Å²) in [6.45, 7) is 4.88. The summed E-state index contributed by atoms with van der Waals surface area (Å²) in [6, 6.07) is 3.27. The summed E-state index contributed by atoms with van der Waals surface area (Å²) < 4.78 is 0. The zero-order valence-electron chi connectivity index (χ0n) is 11.7. The van der Waals surface area contributed by atoms with Crippen molar-refractivity contribution in [2.75, 3.05) is 17.2 Å². The second kappa shape index (κ2) is 7.16.